The molecule has 76 valence electrons. The Balaban J connectivity index is 2.22. The molecule has 1 aliphatic rings. The van der Waals surface area contributed by atoms with E-state index in [4.69, 9.17) is 0 Å². The van der Waals surface area contributed by atoms with Crippen LogP contribution in [0.25, 0.3) is 0 Å². The zero-order chi connectivity index (χ0) is 9.90. The molecule has 1 fully saturated rings. The van der Waals surface area contributed by atoms with Crippen LogP contribution in [-0.4, -0.2) is 36.3 Å². The van der Waals surface area contributed by atoms with E-state index in [2.05, 4.69) is 5.32 Å². The van der Waals surface area contributed by atoms with Crippen LogP contribution in [0.2, 0.25) is 0 Å². The smallest absolute Gasteiger partial charge is 0.347 e. The SMILES string of the molecule is O=C(NC[C@H]1CSCN1)C(F)(F)F. The molecule has 1 rings (SSSR count). The fraction of sp³-hybridized carbons (Fsp3) is 0.833. The number of hydrogen-bond donors (Lipinski definition) is 2. The van der Waals surface area contributed by atoms with Gasteiger partial charge in [-0.15, -0.1) is 11.8 Å². The molecule has 0 aromatic rings. The van der Waals surface area contributed by atoms with Gasteiger partial charge in [0.2, 0.25) is 0 Å². The lowest BCUT2D eigenvalue weighted by Gasteiger charge is -2.11. The third-order valence-corrected chi connectivity index (χ3v) is 2.57. The van der Waals surface area contributed by atoms with Gasteiger partial charge in [0.15, 0.2) is 0 Å². The van der Waals surface area contributed by atoms with Crippen molar-refractivity contribution in [2.24, 2.45) is 0 Å². The highest BCUT2D eigenvalue weighted by Gasteiger charge is 2.38. The minimum Gasteiger partial charge on any atom is -0.347 e. The molecule has 0 spiro atoms. The molecule has 1 heterocycles. The van der Waals surface area contributed by atoms with E-state index in [-0.39, 0.29) is 12.6 Å². The summed E-state index contributed by atoms with van der Waals surface area (Å²) in [5.74, 6) is -0.406. The average Bonchev–Trinajstić information content (AvgIpc) is 2.50. The number of hydrogen-bond acceptors (Lipinski definition) is 3. The van der Waals surface area contributed by atoms with Gasteiger partial charge in [0.05, 0.1) is 0 Å². The van der Waals surface area contributed by atoms with E-state index >= 15 is 0 Å². The molecule has 0 aromatic carbocycles. The highest BCUT2D eigenvalue weighted by atomic mass is 32.2. The van der Waals surface area contributed by atoms with E-state index in [0.717, 1.165) is 11.6 Å². The number of carbonyl (C=O) groups excluding carboxylic acids is 1. The molecule has 1 amide bonds. The second kappa shape index (κ2) is 4.19. The first-order valence-electron chi connectivity index (χ1n) is 3.66. The van der Waals surface area contributed by atoms with Crippen molar-refractivity contribution in [3.63, 3.8) is 0 Å². The van der Waals surface area contributed by atoms with Crippen LogP contribution < -0.4 is 10.6 Å². The molecule has 0 radical (unpaired) electrons. The van der Waals surface area contributed by atoms with E-state index < -0.39 is 12.1 Å². The molecular weight excluding hydrogens is 205 g/mol. The van der Waals surface area contributed by atoms with Crippen LogP contribution in [0.15, 0.2) is 0 Å². The first kappa shape index (κ1) is 10.6. The maximum absolute atomic E-state index is 11.7. The van der Waals surface area contributed by atoms with Gasteiger partial charge < -0.3 is 10.6 Å². The van der Waals surface area contributed by atoms with Gasteiger partial charge in [-0.25, -0.2) is 0 Å². The Morgan fingerprint density at radius 3 is 2.77 bits per heavy atom. The number of carbonyl (C=O) groups is 1. The van der Waals surface area contributed by atoms with Crippen molar-refractivity contribution >= 4 is 17.7 Å². The van der Waals surface area contributed by atoms with Gasteiger partial charge in [-0.05, 0) is 0 Å². The van der Waals surface area contributed by atoms with E-state index in [1.165, 1.54) is 0 Å². The first-order valence-corrected chi connectivity index (χ1v) is 4.82. The van der Waals surface area contributed by atoms with Crippen molar-refractivity contribution < 1.29 is 18.0 Å². The summed E-state index contributed by atoms with van der Waals surface area (Å²) in [6, 6.07) is -0.0451. The summed E-state index contributed by atoms with van der Waals surface area (Å²) in [5, 5.41) is 4.77. The predicted octanol–water partition coefficient (Wildman–Crippen LogP) is 0.327. The molecule has 0 unspecified atom stereocenters. The molecular formula is C6H9F3N2OS. The van der Waals surface area contributed by atoms with Gasteiger partial charge in [-0.3, -0.25) is 4.79 Å². The molecule has 0 saturated carbocycles. The Morgan fingerprint density at radius 1 is 1.62 bits per heavy atom. The standard InChI is InChI=1S/C6H9F3N2OS/c7-6(8,9)5(12)10-1-4-2-13-3-11-4/h4,11H,1-3H2,(H,10,12)/t4-/m0/s1. The second-order valence-corrected chi connectivity index (χ2v) is 3.65. The third-order valence-electron chi connectivity index (χ3n) is 1.56. The highest BCUT2D eigenvalue weighted by Crippen LogP contribution is 2.14. The van der Waals surface area contributed by atoms with Gasteiger partial charge in [0, 0.05) is 24.2 Å². The van der Waals surface area contributed by atoms with Gasteiger partial charge in [0.25, 0.3) is 0 Å². The zero-order valence-electron chi connectivity index (χ0n) is 6.65. The van der Waals surface area contributed by atoms with Gasteiger partial charge in [0.1, 0.15) is 0 Å². The highest BCUT2D eigenvalue weighted by molar-refractivity contribution is 7.99. The first-order chi connectivity index (χ1) is 6.00. The molecule has 0 aliphatic carbocycles. The molecule has 1 atom stereocenters. The molecule has 7 heteroatoms. The van der Waals surface area contributed by atoms with Crippen LogP contribution in [0.4, 0.5) is 13.2 Å². The van der Waals surface area contributed by atoms with Crippen molar-refractivity contribution in [3.05, 3.63) is 0 Å². The molecule has 1 saturated heterocycles. The number of thioether (sulfide) groups is 1. The van der Waals surface area contributed by atoms with Gasteiger partial charge in [-0.1, -0.05) is 0 Å². The molecule has 0 bridgehead atoms. The Kier molecular flexibility index (Phi) is 3.43. The van der Waals surface area contributed by atoms with Crippen LogP contribution in [0.1, 0.15) is 0 Å². The second-order valence-electron chi connectivity index (χ2n) is 2.62. The van der Waals surface area contributed by atoms with E-state index in [1.807, 2.05) is 5.32 Å². The number of rotatable bonds is 2. The van der Waals surface area contributed by atoms with E-state index in [9.17, 15) is 18.0 Å². The maximum Gasteiger partial charge on any atom is 0.471 e. The van der Waals surface area contributed by atoms with Crippen LogP contribution in [0, 0.1) is 0 Å². The summed E-state index contributed by atoms with van der Waals surface area (Å²) < 4.78 is 35.1. The largest absolute Gasteiger partial charge is 0.471 e. The number of halogens is 3. The molecule has 2 N–H and O–H groups in total. The molecule has 3 nitrogen and oxygen atoms in total. The topological polar surface area (TPSA) is 41.1 Å². The maximum atomic E-state index is 11.7. The number of nitrogens with one attached hydrogen (secondary N) is 2. The van der Waals surface area contributed by atoms with Crippen LogP contribution >= 0.6 is 11.8 Å². The van der Waals surface area contributed by atoms with Crippen LogP contribution in [-0.2, 0) is 4.79 Å². The molecule has 13 heavy (non-hydrogen) atoms. The summed E-state index contributed by atoms with van der Waals surface area (Å²) in [6.45, 7) is 0.0331. The van der Waals surface area contributed by atoms with Crippen LogP contribution in [0.3, 0.4) is 0 Å². The van der Waals surface area contributed by atoms with Crippen molar-refractivity contribution in [3.8, 4) is 0 Å². The average molecular weight is 214 g/mol. The summed E-state index contributed by atoms with van der Waals surface area (Å²) in [6.07, 6.45) is -4.77. The fourth-order valence-corrected chi connectivity index (χ4v) is 1.88. The lowest BCUT2D eigenvalue weighted by Crippen LogP contribution is -2.44. The summed E-state index contributed by atoms with van der Waals surface area (Å²) in [4.78, 5) is 10.4. The van der Waals surface area contributed by atoms with E-state index in [1.54, 1.807) is 11.8 Å². The van der Waals surface area contributed by atoms with E-state index in [0.29, 0.717) is 0 Å². The Bertz CT molecular complexity index is 191. The van der Waals surface area contributed by atoms with Crippen molar-refractivity contribution in [1.82, 2.24) is 10.6 Å². The van der Waals surface area contributed by atoms with Gasteiger partial charge >= 0.3 is 12.1 Å². The molecule has 1 aliphatic heterocycles. The van der Waals surface area contributed by atoms with Crippen molar-refractivity contribution in [1.29, 1.82) is 0 Å². The summed E-state index contributed by atoms with van der Waals surface area (Å²) in [5.41, 5.74) is 0. The lowest BCUT2D eigenvalue weighted by molar-refractivity contribution is -0.173. The number of amides is 1. The van der Waals surface area contributed by atoms with Crippen molar-refractivity contribution in [2.75, 3.05) is 18.2 Å². The Hall–Kier alpha value is -0.430. The minimum atomic E-state index is -4.77. The quantitative estimate of drug-likeness (QED) is 0.696. The Morgan fingerprint density at radius 2 is 2.31 bits per heavy atom. The fourth-order valence-electron chi connectivity index (χ4n) is 0.884. The van der Waals surface area contributed by atoms with Crippen LogP contribution in [0.5, 0.6) is 0 Å². The third kappa shape index (κ3) is 3.43. The zero-order valence-corrected chi connectivity index (χ0v) is 7.47. The monoisotopic (exact) mass is 214 g/mol. The Labute approximate surface area is 77.4 Å². The minimum absolute atomic E-state index is 0.0331. The lowest BCUT2D eigenvalue weighted by atomic mass is 10.3. The predicted molar refractivity (Wildman–Crippen MR) is 43.3 cm³/mol. The molecule has 0 aromatic heterocycles. The van der Waals surface area contributed by atoms with Crippen molar-refractivity contribution in [2.45, 2.75) is 12.2 Å². The summed E-state index contributed by atoms with van der Waals surface area (Å²) >= 11 is 1.60. The number of alkyl halides is 3. The van der Waals surface area contributed by atoms with Gasteiger partial charge in [-0.2, -0.15) is 13.2 Å². The normalized spacial score (nSPS) is 23.2. The summed E-state index contributed by atoms with van der Waals surface area (Å²) in [7, 11) is 0.